The SMILES string of the molecule is C.C.O.[OH3+]. The van der Waals surface area contributed by atoms with Crippen LogP contribution in [0.1, 0.15) is 14.9 Å². The Kier molecular flexibility index (Phi) is 2200000. The maximum absolute atomic E-state index is 0. The van der Waals surface area contributed by atoms with E-state index in [0.29, 0.717) is 0 Å². The van der Waals surface area contributed by atoms with Gasteiger partial charge < -0.3 is 11.0 Å². The summed E-state index contributed by atoms with van der Waals surface area (Å²) in [5.41, 5.74) is 0. The number of rotatable bonds is 0. The van der Waals surface area contributed by atoms with Gasteiger partial charge in [0.05, 0.1) is 0 Å². The van der Waals surface area contributed by atoms with Crippen LogP contribution in [0.15, 0.2) is 0 Å². The van der Waals surface area contributed by atoms with Crippen LogP contribution >= 0.6 is 0 Å². The van der Waals surface area contributed by atoms with E-state index in [1.807, 2.05) is 0 Å². The van der Waals surface area contributed by atoms with E-state index in [4.69, 9.17) is 0 Å². The van der Waals surface area contributed by atoms with E-state index in [1.54, 1.807) is 0 Å². The highest BCUT2D eigenvalue weighted by Gasteiger charge is -0.0765. The molecule has 0 aromatic heterocycles. The Morgan fingerprint density at radius 2 is 0.750 bits per heavy atom. The van der Waals surface area contributed by atoms with Crippen LogP contribution in [0.4, 0.5) is 0 Å². The lowest BCUT2D eigenvalue weighted by molar-refractivity contribution is 0.686. The van der Waals surface area contributed by atoms with Crippen LogP contribution in [0.25, 0.3) is 0 Å². The van der Waals surface area contributed by atoms with Crippen molar-refractivity contribution in [2.24, 2.45) is 0 Å². The molecule has 2 nitrogen and oxygen atoms in total. The van der Waals surface area contributed by atoms with Gasteiger partial charge in [-0.2, -0.15) is 0 Å². The molecule has 0 heterocycles. The predicted octanol–water partition coefficient (Wildman–Crippen LogP) is -0.474. The second kappa shape index (κ2) is 1680. The van der Waals surface area contributed by atoms with Crippen LogP contribution in [0.5, 0.6) is 0 Å². The molecule has 0 spiro atoms. The number of hydrogen-bond acceptors (Lipinski definition) is 0. The van der Waals surface area contributed by atoms with Gasteiger partial charge in [-0.25, -0.2) is 0 Å². The van der Waals surface area contributed by atoms with Crippen LogP contribution in [0.3, 0.4) is 0 Å². The van der Waals surface area contributed by atoms with Crippen LogP contribution < -0.4 is 0 Å². The van der Waals surface area contributed by atoms with E-state index in [2.05, 4.69) is 0 Å². The summed E-state index contributed by atoms with van der Waals surface area (Å²) >= 11 is 0. The summed E-state index contributed by atoms with van der Waals surface area (Å²) in [5, 5.41) is 0. The second-order valence-corrected chi connectivity index (χ2v) is 0. The molecular formula is C2H13O2+. The van der Waals surface area contributed by atoms with E-state index in [0.717, 1.165) is 0 Å². The monoisotopic (exact) mass is 69.1 g/mol. The van der Waals surface area contributed by atoms with Gasteiger partial charge >= 0.3 is 0 Å². The fourth-order valence-electron chi connectivity index (χ4n) is 0. The van der Waals surface area contributed by atoms with Gasteiger partial charge in [-0.05, 0) is 0 Å². The molecule has 0 aliphatic carbocycles. The minimum absolute atomic E-state index is 0. The summed E-state index contributed by atoms with van der Waals surface area (Å²) in [6, 6.07) is 0. The molecule has 0 saturated carbocycles. The average Bonchev–Trinajstić information content (AvgIpc) is 0. The van der Waals surface area contributed by atoms with Gasteiger partial charge in [-0.3, -0.25) is 0 Å². The fourth-order valence-corrected chi connectivity index (χ4v) is 0. The van der Waals surface area contributed by atoms with Gasteiger partial charge in [0.1, 0.15) is 0 Å². The molecule has 0 atom stereocenters. The molecule has 32 valence electrons. The topological polar surface area (TPSA) is 64.5 Å². The molecule has 0 aliphatic rings. The third kappa shape index (κ3) is 254. The van der Waals surface area contributed by atoms with Crippen LogP contribution in [0.2, 0.25) is 0 Å². The van der Waals surface area contributed by atoms with Gasteiger partial charge in [0, 0.05) is 0 Å². The Balaban J connectivity index is 0. The predicted molar refractivity (Wildman–Crippen MR) is 21.9 cm³/mol. The third-order valence-electron chi connectivity index (χ3n) is 0. The molecule has 0 saturated heterocycles. The summed E-state index contributed by atoms with van der Waals surface area (Å²) < 4.78 is 0. The summed E-state index contributed by atoms with van der Waals surface area (Å²) in [6.45, 7) is 0. The molecule has 0 bridgehead atoms. The van der Waals surface area contributed by atoms with Gasteiger partial charge in [-0.1, -0.05) is 14.9 Å². The van der Waals surface area contributed by atoms with Crippen LogP contribution in [-0.2, 0) is 5.48 Å². The van der Waals surface area contributed by atoms with E-state index < -0.39 is 0 Å². The molecule has 0 fully saturated rings. The highest BCUT2D eigenvalue weighted by atomic mass is 16.0. The lowest BCUT2D eigenvalue weighted by Crippen LogP contribution is -0.289. The summed E-state index contributed by atoms with van der Waals surface area (Å²) in [7, 11) is 0. The molecule has 2 heteroatoms. The largest absolute Gasteiger partial charge is 0.457 e. The number of hydrogen-bond donors (Lipinski definition) is 0. The fraction of sp³-hybridized carbons (Fsp3) is 1.00. The zero-order chi connectivity index (χ0) is 0. The summed E-state index contributed by atoms with van der Waals surface area (Å²) in [4.78, 5) is 0. The summed E-state index contributed by atoms with van der Waals surface area (Å²) in [5.74, 6) is 0. The molecule has 0 rings (SSSR count). The minimum atomic E-state index is 0. The van der Waals surface area contributed by atoms with Gasteiger partial charge in [-0.15, -0.1) is 0 Å². The Hall–Kier alpha value is -0.0800. The van der Waals surface area contributed by atoms with Gasteiger partial charge in [0.15, 0.2) is 0 Å². The van der Waals surface area contributed by atoms with E-state index in [1.165, 1.54) is 0 Å². The maximum Gasteiger partial charge on any atom is -0.0776 e. The Morgan fingerprint density at radius 3 is 0.750 bits per heavy atom. The van der Waals surface area contributed by atoms with Crippen molar-refractivity contribution in [1.82, 2.24) is 0 Å². The van der Waals surface area contributed by atoms with Gasteiger partial charge in [0.25, 0.3) is 0 Å². The highest BCUT2D eigenvalue weighted by molar-refractivity contribution is 2.50. The molecule has 0 amide bonds. The molecule has 4 heavy (non-hydrogen) atoms. The molecule has 0 aliphatic heterocycles. The van der Waals surface area contributed by atoms with Crippen molar-refractivity contribution in [3.8, 4) is 0 Å². The van der Waals surface area contributed by atoms with Crippen molar-refractivity contribution < 1.29 is 11.0 Å². The molecule has 0 radical (unpaired) electrons. The first-order valence-corrected chi connectivity index (χ1v) is 0. The zero-order valence-electron chi connectivity index (χ0n) is 1.08. The molecule has 0 aromatic rings. The normalized spacial score (nSPS) is 0. The lowest BCUT2D eigenvalue weighted by atomic mass is 12.0. The highest BCUT2D eigenvalue weighted by Crippen LogP contribution is 0.145. The first-order valence-electron chi connectivity index (χ1n) is 0. The van der Waals surface area contributed by atoms with Gasteiger partial charge in [0.2, 0.25) is 0 Å². The van der Waals surface area contributed by atoms with Crippen molar-refractivity contribution in [3.63, 3.8) is 0 Å². The third-order valence-corrected chi connectivity index (χ3v) is 0. The standard InChI is InChI=1S/2CH4.2H2O/h2*1H4;2*1H2/p+1. The van der Waals surface area contributed by atoms with Crippen LogP contribution in [0, 0.1) is 0 Å². The molecule has 5 N–H and O–H groups in total. The quantitative estimate of drug-likeness (QED) is 0.345. The first-order chi connectivity index (χ1) is 0. The molecule has 0 aromatic carbocycles. The van der Waals surface area contributed by atoms with Crippen molar-refractivity contribution in [1.29, 1.82) is 0 Å². The Bertz CT molecular complexity index is 4.00. The average molecular weight is 69.1 g/mol. The first kappa shape index (κ1) is 5220. The van der Waals surface area contributed by atoms with Crippen molar-refractivity contribution in [2.75, 3.05) is 0 Å². The molecular weight excluding hydrogens is 56.0 g/mol. The summed E-state index contributed by atoms with van der Waals surface area (Å²) in [6.07, 6.45) is 0. The lowest BCUT2D eigenvalue weighted by Gasteiger charge is -0.457. The van der Waals surface area contributed by atoms with Crippen LogP contribution in [-0.4, -0.2) is 5.48 Å². The second-order valence-electron chi connectivity index (χ2n) is 0. The Morgan fingerprint density at radius 1 is 0.750 bits per heavy atom. The van der Waals surface area contributed by atoms with E-state index in [9.17, 15) is 0 Å². The van der Waals surface area contributed by atoms with E-state index in [-0.39, 0.29) is 25.8 Å². The smallest absolute Gasteiger partial charge is 0.0776 e. The van der Waals surface area contributed by atoms with Crippen molar-refractivity contribution in [2.45, 2.75) is 14.9 Å². The zero-order valence-corrected chi connectivity index (χ0v) is 1.08. The van der Waals surface area contributed by atoms with Crippen molar-refractivity contribution >= 4 is 0 Å². The van der Waals surface area contributed by atoms with E-state index >= 15 is 0 Å². The Labute approximate surface area is 27.1 Å². The molecule has 0 unspecified atom stereocenters. The minimum Gasteiger partial charge on any atom is -0.457 e. The maximum atomic E-state index is 0. The van der Waals surface area contributed by atoms with Crippen molar-refractivity contribution in [3.05, 3.63) is 0 Å².